The smallest absolute Gasteiger partial charge is 0.170 e. The van der Waals surface area contributed by atoms with Crippen LogP contribution < -0.4 is 11.1 Å². The predicted molar refractivity (Wildman–Crippen MR) is 85.6 cm³/mol. The van der Waals surface area contributed by atoms with Gasteiger partial charge in [0.15, 0.2) is 5.84 Å². The number of hydrogen-bond donors (Lipinski definition) is 3. The number of hydrogen-bond acceptors (Lipinski definition) is 4. The molecule has 1 aliphatic heterocycles. The molecule has 2 rings (SSSR count). The predicted octanol–water partition coefficient (Wildman–Crippen LogP) is 1.52. The van der Waals surface area contributed by atoms with E-state index in [-0.39, 0.29) is 5.84 Å². The first-order valence-corrected chi connectivity index (χ1v) is 7.57. The standard InChI is InChI=1S/C16H26N4O/c1-12-9-14(16(17)19-21)3-4-15(12)11-18-10-13-5-7-20(2)8-6-13/h3-4,9,13,18,21H,5-8,10-11H2,1-2H3,(H2,17,19). The molecule has 1 aliphatic rings. The van der Waals surface area contributed by atoms with Crippen LogP contribution in [0.15, 0.2) is 23.4 Å². The molecule has 4 N–H and O–H groups in total. The number of benzene rings is 1. The number of amidine groups is 1. The van der Waals surface area contributed by atoms with Crippen LogP contribution in [0.2, 0.25) is 0 Å². The van der Waals surface area contributed by atoms with Gasteiger partial charge in [0.05, 0.1) is 0 Å². The van der Waals surface area contributed by atoms with Gasteiger partial charge in [-0.05, 0) is 69.6 Å². The van der Waals surface area contributed by atoms with Gasteiger partial charge in [0.25, 0.3) is 0 Å². The van der Waals surface area contributed by atoms with Crippen molar-refractivity contribution in [1.29, 1.82) is 0 Å². The number of nitrogens with two attached hydrogens (primary N) is 1. The molecule has 1 aromatic carbocycles. The van der Waals surface area contributed by atoms with Gasteiger partial charge in [0.2, 0.25) is 0 Å². The molecule has 0 unspecified atom stereocenters. The fraction of sp³-hybridized carbons (Fsp3) is 0.562. The molecule has 0 spiro atoms. The van der Waals surface area contributed by atoms with Crippen molar-refractivity contribution >= 4 is 5.84 Å². The first-order valence-electron chi connectivity index (χ1n) is 7.57. The Bertz CT molecular complexity index is 493. The van der Waals surface area contributed by atoms with E-state index in [1.807, 2.05) is 18.2 Å². The van der Waals surface area contributed by atoms with Crippen LogP contribution in [0.5, 0.6) is 0 Å². The second-order valence-corrected chi connectivity index (χ2v) is 6.00. The minimum Gasteiger partial charge on any atom is -0.409 e. The average Bonchev–Trinajstić information content (AvgIpc) is 2.50. The lowest BCUT2D eigenvalue weighted by Gasteiger charge is -2.29. The number of aryl methyl sites for hydroxylation is 1. The van der Waals surface area contributed by atoms with Gasteiger partial charge in [-0.1, -0.05) is 17.3 Å². The Morgan fingerprint density at radius 2 is 2.14 bits per heavy atom. The van der Waals surface area contributed by atoms with Crippen molar-refractivity contribution in [2.45, 2.75) is 26.3 Å². The van der Waals surface area contributed by atoms with Crippen molar-refractivity contribution in [2.75, 3.05) is 26.7 Å². The van der Waals surface area contributed by atoms with Crippen LogP contribution in [-0.2, 0) is 6.54 Å². The van der Waals surface area contributed by atoms with E-state index in [0.717, 1.165) is 30.1 Å². The highest BCUT2D eigenvalue weighted by Crippen LogP contribution is 2.16. The molecule has 0 atom stereocenters. The largest absolute Gasteiger partial charge is 0.409 e. The van der Waals surface area contributed by atoms with E-state index in [0.29, 0.717) is 0 Å². The Morgan fingerprint density at radius 1 is 1.43 bits per heavy atom. The van der Waals surface area contributed by atoms with Crippen LogP contribution in [0.3, 0.4) is 0 Å². The third-order valence-corrected chi connectivity index (χ3v) is 4.33. The third-order valence-electron chi connectivity index (χ3n) is 4.33. The molecule has 5 nitrogen and oxygen atoms in total. The molecule has 5 heteroatoms. The van der Waals surface area contributed by atoms with Gasteiger partial charge in [-0.3, -0.25) is 0 Å². The SMILES string of the molecule is Cc1cc(/C(N)=N/O)ccc1CNCC1CCN(C)CC1. The van der Waals surface area contributed by atoms with Crippen molar-refractivity contribution in [3.8, 4) is 0 Å². The van der Waals surface area contributed by atoms with E-state index in [9.17, 15) is 0 Å². The molecule has 0 saturated carbocycles. The maximum Gasteiger partial charge on any atom is 0.170 e. The van der Waals surface area contributed by atoms with E-state index in [1.165, 1.54) is 31.5 Å². The number of oxime groups is 1. The monoisotopic (exact) mass is 290 g/mol. The zero-order valence-corrected chi connectivity index (χ0v) is 13.0. The lowest BCUT2D eigenvalue weighted by molar-refractivity contribution is 0.216. The van der Waals surface area contributed by atoms with Crippen molar-refractivity contribution < 1.29 is 5.21 Å². The van der Waals surface area contributed by atoms with E-state index < -0.39 is 0 Å². The quantitative estimate of drug-likeness (QED) is 0.333. The van der Waals surface area contributed by atoms with Crippen molar-refractivity contribution in [2.24, 2.45) is 16.8 Å². The summed E-state index contributed by atoms with van der Waals surface area (Å²) < 4.78 is 0. The third kappa shape index (κ3) is 4.44. The number of nitrogens with one attached hydrogen (secondary N) is 1. The zero-order chi connectivity index (χ0) is 15.2. The van der Waals surface area contributed by atoms with Crippen LogP contribution in [0.1, 0.15) is 29.5 Å². The highest BCUT2D eigenvalue weighted by molar-refractivity contribution is 5.97. The van der Waals surface area contributed by atoms with E-state index in [1.54, 1.807) is 0 Å². The summed E-state index contributed by atoms with van der Waals surface area (Å²) in [6.45, 7) is 6.42. The van der Waals surface area contributed by atoms with E-state index >= 15 is 0 Å². The molecule has 0 aromatic heterocycles. The minimum atomic E-state index is 0.156. The molecule has 1 fully saturated rings. The maximum absolute atomic E-state index is 8.70. The van der Waals surface area contributed by atoms with Crippen LogP contribution in [0.25, 0.3) is 0 Å². The number of nitrogens with zero attached hydrogens (tertiary/aromatic N) is 2. The number of rotatable bonds is 5. The second-order valence-electron chi connectivity index (χ2n) is 6.00. The van der Waals surface area contributed by atoms with E-state index in [4.69, 9.17) is 10.9 Å². The van der Waals surface area contributed by atoms with Crippen LogP contribution in [0.4, 0.5) is 0 Å². The molecular formula is C16H26N4O. The van der Waals surface area contributed by atoms with Gasteiger partial charge in [-0.2, -0.15) is 0 Å². The summed E-state index contributed by atoms with van der Waals surface area (Å²) in [5.41, 5.74) is 8.78. The summed E-state index contributed by atoms with van der Waals surface area (Å²) in [5.74, 6) is 0.946. The minimum absolute atomic E-state index is 0.156. The molecule has 21 heavy (non-hydrogen) atoms. The summed E-state index contributed by atoms with van der Waals surface area (Å²) in [4.78, 5) is 2.40. The Labute approximate surface area is 126 Å². The molecule has 1 aromatic rings. The summed E-state index contributed by atoms with van der Waals surface area (Å²) in [5, 5.41) is 15.3. The van der Waals surface area contributed by atoms with Crippen molar-refractivity contribution in [3.05, 3.63) is 34.9 Å². The van der Waals surface area contributed by atoms with Crippen molar-refractivity contribution in [3.63, 3.8) is 0 Å². The van der Waals surface area contributed by atoms with Crippen molar-refractivity contribution in [1.82, 2.24) is 10.2 Å². The first-order chi connectivity index (χ1) is 10.1. The van der Waals surface area contributed by atoms with Crippen LogP contribution >= 0.6 is 0 Å². The van der Waals surface area contributed by atoms with Gasteiger partial charge in [0, 0.05) is 12.1 Å². The van der Waals surface area contributed by atoms with Gasteiger partial charge in [0.1, 0.15) is 0 Å². The summed E-state index contributed by atoms with van der Waals surface area (Å²) >= 11 is 0. The molecule has 0 amide bonds. The Balaban J connectivity index is 1.83. The molecule has 0 bridgehead atoms. The molecule has 0 radical (unpaired) electrons. The van der Waals surface area contributed by atoms with E-state index in [2.05, 4.69) is 29.3 Å². The average molecular weight is 290 g/mol. The Hall–Kier alpha value is -1.59. The highest BCUT2D eigenvalue weighted by atomic mass is 16.4. The summed E-state index contributed by atoms with van der Waals surface area (Å²) in [6.07, 6.45) is 2.57. The lowest BCUT2D eigenvalue weighted by Crippen LogP contribution is -2.34. The van der Waals surface area contributed by atoms with Crippen LogP contribution in [0, 0.1) is 12.8 Å². The molecule has 116 valence electrons. The molecule has 1 heterocycles. The molecule has 0 aliphatic carbocycles. The highest BCUT2D eigenvalue weighted by Gasteiger charge is 2.16. The summed E-state index contributed by atoms with van der Waals surface area (Å²) in [6, 6.07) is 5.90. The fourth-order valence-electron chi connectivity index (χ4n) is 2.79. The summed E-state index contributed by atoms with van der Waals surface area (Å²) in [7, 11) is 2.19. The normalized spacial score (nSPS) is 18.1. The number of piperidine rings is 1. The van der Waals surface area contributed by atoms with Gasteiger partial charge in [-0.15, -0.1) is 0 Å². The Morgan fingerprint density at radius 3 is 2.76 bits per heavy atom. The maximum atomic E-state index is 8.70. The van der Waals surface area contributed by atoms with Crippen LogP contribution in [-0.4, -0.2) is 42.6 Å². The number of likely N-dealkylation sites (tertiary alicyclic amines) is 1. The zero-order valence-electron chi connectivity index (χ0n) is 13.0. The first kappa shape index (κ1) is 15.8. The topological polar surface area (TPSA) is 73.9 Å². The van der Waals surface area contributed by atoms with Gasteiger partial charge < -0.3 is 21.2 Å². The molecular weight excluding hydrogens is 264 g/mol. The lowest BCUT2D eigenvalue weighted by atomic mass is 9.97. The fourth-order valence-corrected chi connectivity index (χ4v) is 2.79. The Kier molecular flexibility index (Phi) is 5.59. The van der Waals surface area contributed by atoms with Gasteiger partial charge in [-0.25, -0.2) is 0 Å². The second kappa shape index (κ2) is 7.43. The molecule has 1 saturated heterocycles. The van der Waals surface area contributed by atoms with Gasteiger partial charge >= 0.3 is 0 Å².